The van der Waals surface area contributed by atoms with Gasteiger partial charge >= 0.3 is 0 Å². The number of ether oxygens (including phenoxy) is 1. The monoisotopic (exact) mass is 276 g/mol. The van der Waals surface area contributed by atoms with Gasteiger partial charge in [-0.25, -0.2) is 4.98 Å². The van der Waals surface area contributed by atoms with E-state index in [4.69, 9.17) is 16.3 Å². The van der Waals surface area contributed by atoms with E-state index in [2.05, 4.69) is 10.3 Å². The van der Waals surface area contributed by atoms with Crippen molar-refractivity contribution in [3.63, 3.8) is 0 Å². The van der Waals surface area contributed by atoms with Crippen molar-refractivity contribution in [1.29, 1.82) is 0 Å². The topological polar surface area (TPSA) is 34.1 Å². The van der Waals surface area contributed by atoms with E-state index in [1.165, 1.54) is 0 Å². The average Bonchev–Trinajstić information content (AvgIpc) is 2.35. The van der Waals surface area contributed by atoms with Crippen molar-refractivity contribution in [3.05, 3.63) is 46.6 Å². The minimum absolute atomic E-state index is 0.727. The quantitative estimate of drug-likeness (QED) is 0.888. The van der Waals surface area contributed by atoms with Gasteiger partial charge in [-0.2, -0.15) is 0 Å². The van der Waals surface area contributed by atoms with E-state index in [1.807, 2.05) is 45.0 Å². The minimum Gasteiger partial charge on any atom is -0.457 e. The fourth-order valence-electron chi connectivity index (χ4n) is 1.93. The van der Waals surface area contributed by atoms with Crippen molar-refractivity contribution in [3.8, 4) is 11.5 Å². The number of benzene rings is 1. The molecule has 19 heavy (non-hydrogen) atoms. The summed E-state index contributed by atoms with van der Waals surface area (Å²) in [5.41, 5.74) is 2.04. The third kappa shape index (κ3) is 3.38. The zero-order chi connectivity index (χ0) is 13.8. The molecule has 0 amide bonds. The van der Waals surface area contributed by atoms with Crippen LogP contribution >= 0.6 is 11.6 Å². The van der Waals surface area contributed by atoms with Crippen LogP contribution in [-0.2, 0) is 0 Å². The van der Waals surface area contributed by atoms with Crippen LogP contribution in [0.15, 0.2) is 30.5 Å². The van der Waals surface area contributed by atoms with Gasteiger partial charge in [0.1, 0.15) is 17.3 Å². The molecule has 1 aromatic heterocycles. The predicted molar refractivity (Wildman–Crippen MR) is 79.4 cm³/mol. The molecule has 0 fully saturated rings. The average molecular weight is 277 g/mol. The summed E-state index contributed by atoms with van der Waals surface area (Å²) in [5, 5.41) is 3.89. The Balaban J connectivity index is 2.28. The van der Waals surface area contributed by atoms with E-state index >= 15 is 0 Å². The molecule has 100 valence electrons. The van der Waals surface area contributed by atoms with Crippen LogP contribution in [0.5, 0.6) is 11.5 Å². The summed E-state index contributed by atoms with van der Waals surface area (Å²) in [6, 6.07) is 7.53. The van der Waals surface area contributed by atoms with Crippen LogP contribution in [0.1, 0.15) is 18.1 Å². The lowest BCUT2D eigenvalue weighted by Crippen LogP contribution is -1.99. The van der Waals surface area contributed by atoms with E-state index in [-0.39, 0.29) is 0 Å². The molecule has 0 aliphatic rings. The Bertz CT molecular complexity index is 561. The standard InChI is InChI=1S/C15H17ClN2O/c1-4-17-14-9-13(5-6-18-14)19-15-10(2)7-12(16)8-11(15)3/h5-9H,4H2,1-3H3,(H,17,18). The summed E-state index contributed by atoms with van der Waals surface area (Å²) >= 11 is 6.02. The molecular weight excluding hydrogens is 260 g/mol. The molecule has 0 radical (unpaired) electrons. The number of halogens is 1. The van der Waals surface area contributed by atoms with Gasteiger partial charge in [0.2, 0.25) is 0 Å². The molecule has 4 heteroatoms. The van der Waals surface area contributed by atoms with Crippen LogP contribution < -0.4 is 10.1 Å². The molecule has 0 spiro atoms. The fourth-order valence-corrected chi connectivity index (χ4v) is 2.26. The van der Waals surface area contributed by atoms with Gasteiger partial charge in [-0.15, -0.1) is 0 Å². The molecule has 3 nitrogen and oxygen atoms in total. The zero-order valence-corrected chi connectivity index (χ0v) is 12.1. The summed E-state index contributed by atoms with van der Waals surface area (Å²) < 4.78 is 5.94. The van der Waals surface area contributed by atoms with Gasteiger partial charge in [0.25, 0.3) is 0 Å². The zero-order valence-electron chi connectivity index (χ0n) is 11.3. The second-order valence-corrected chi connectivity index (χ2v) is 4.81. The molecule has 0 aliphatic carbocycles. The van der Waals surface area contributed by atoms with Gasteiger partial charge in [0.05, 0.1) is 0 Å². The highest BCUT2D eigenvalue weighted by Gasteiger charge is 2.07. The summed E-state index contributed by atoms with van der Waals surface area (Å²) in [7, 11) is 0. The number of hydrogen-bond donors (Lipinski definition) is 1. The number of rotatable bonds is 4. The van der Waals surface area contributed by atoms with Crippen LogP contribution in [-0.4, -0.2) is 11.5 Å². The lowest BCUT2D eigenvalue weighted by Gasteiger charge is -2.13. The van der Waals surface area contributed by atoms with Crippen LogP contribution in [0.4, 0.5) is 5.82 Å². The predicted octanol–water partition coefficient (Wildman–Crippen LogP) is 4.58. The number of anilines is 1. The molecule has 0 saturated heterocycles. The van der Waals surface area contributed by atoms with Crippen molar-refractivity contribution < 1.29 is 4.74 Å². The second-order valence-electron chi connectivity index (χ2n) is 4.38. The van der Waals surface area contributed by atoms with Crippen molar-refractivity contribution in [1.82, 2.24) is 4.98 Å². The van der Waals surface area contributed by atoms with Crippen molar-refractivity contribution in [2.75, 3.05) is 11.9 Å². The third-order valence-electron chi connectivity index (χ3n) is 2.73. The Morgan fingerprint density at radius 2 is 1.89 bits per heavy atom. The van der Waals surface area contributed by atoms with Gasteiger partial charge in [0, 0.05) is 23.8 Å². The van der Waals surface area contributed by atoms with Crippen LogP contribution in [0.2, 0.25) is 5.02 Å². The molecule has 1 aromatic carbocycles. The van der Waals surface area contributed by atoms with Crippen molar-refractivity contribution in [2.45, 2.75) is 20.8 Å². The number of nitrogens with one attached hydrogen (secondary N) is 1. The summed E-state index contributed by atoms with van der Waals surface area (Å²) in [4.78, 5) is 4.22. The molecule has 0 atom stereocenters. The summed E-state index contributed by atoms with van der Waals surface area (Å²) in [6.45, 7) is 6.83. The third-order valence-corrected chi connectivity index (χ3v) is 2.95. The molecule has 0 saturated carbocycles. The smallest absolute Gasteiger partial charge is 0.133 e. The van der Waals surface area contributed by atoms with Gasteiger partial charge in [-0.1, -0.05) is 11.6 Å². The first-order chi connectivity index (χ1) is 9.10. The first kappa shape index (κ1) is 13.7. The number of nitrogens with zero attached hydrogens (tertiary/aromatic N) is 1. The Hall–Kier alpha value is -1.74. The first-order valence-electron chi connectivity index (χ1n) is 6.24. The minimum atomic E-state index is 0.727. The normalized spacial score (nSPS) is 10.3. The van der Waals surface area contributed by atoms with Crippen LogP contribution in [0.25, 0.3) is 0 Å². The maximum absolute atomic E-state index is 6.02. The van der Waals surface area contributed by atoms with Gasteiger partial charge in [-0.05, 0) is 50.1 Å². The highest BCUT2D eigenvalue weighted by molar-refractivity contribution is 6.30. The Kier molecular flexibility index (Phi) is 4.27. The molecule has 0 bridgehead atoms. The first-order valence-corrected chi connectivity index (χ1v) is 6.62. The molecule has 0 unspecified atom stereocenters. The molecular formula is C15H17ClN2O. The summed E-state index contributed by atoms with van der Waals surface area (Å²) in [5.74, 6) is 2.42. The molecule has 1 heterocycles. The Morgan fingerprint density at radius 1 is 1.21 bits per heavy atom. The number of hydrogen-bond acceptors (Lipinski definition) is 3. The fraction of sp³-hybridized carbons (Fsp3) is 0.267. The van der Waals surface area contributed by atoms with Gasteiger partial charge in [0.15, 0.2) is 0 Å². The van der Waals surface area contributed by atoms with Crippen LogP contribution in [0.3, 0.4) is 0 Å². The molecule has 1 N–H and O–H groups in total. The molecule has 2 aromatic rings. The number of pyridine rings is 1. The highest BCUT2D eigenvalue weighted by atomic mass is 35.5. The summed E-state index contributed by atoms with van der Waals surface area (Å²) in [6.07, 6.45) is 1.73. The van der Waals surface area contributed by atoms with Gasteiger partial charge < -0.3 is 10.1 Å². The maximum Gasteiger partial charge on any atom is 0.133 e. The largest absolute Gasteiger partial charge is 0.457 e. The van der Waals surface area contributed by atoms with E-state index in [0.717, 1.165) is 40.0 Å². The Labute approximate surface area is 118 Å². The van der Waals surface area contributed by atoms with Crippen molar-refractivity contribution >= 4 is 17.4 Å². The lowest BCUT2D eigenvalue weighted by atomic mass is 10.1. The lowest BCUT2D eigenvalue weighted by molar-refractivity contribution is 0.474. The molecule has 0 aliphatic heterocycles. The second kappa shape index (κ2) is 5.93. The van der Waals surface area contributed by atoms with E-state index in [0.29, 0.717) is 0 Å². The van der Waals surface area contributed by atoms with Crippen LogP contribution in [0, 0.1) is 13.8 Å². The van der Waals surface area contributed by atoms with Gasteiger partial charge in [-0.3, -0.25) is 0 Å². The van der Waals surface area contributed by atoms with Crippen molar-refractivity contribution in [2.24, 2.45) is 0 Å². The van der Waals surface area contributed by atoms with E-state index in [9.17, 15) is 0 Å². The number of aryl methyl sites for hydroxylation is 2. The Morgan fingerprint density at radius 3 is 2.53 bits per heavy atom. The molecule has 2 rings (SSSR count). The van der Waals surface area contributed by atoms with E-state index in [1.54, 1.807) is 6.20 Å². The maximum atomic E-state index is 6.02. The SMILES string of the molecule is CCNc1cc(Oc2c(C)cc(Cl)cc2C)ccn1. The van der Waals surface area contributed by atoms with E-state index < -0.39 is 0 Å². The number of aromatic nitrogens is 1. The highest BCUT2D eigenvalue weighted by Crippen LogP contribution is 2.31.